The molecule has 1 aromatic rings. The summed E-state index contributed by atoms with van der Waals surface area (Å²) in [6.07, 6.45) is 7.95. The van der Waals surface area contributed by atoms with Gasteiger partial charge in [-0.1, -0.05) is 6.58 Å². The summed E-state index contributed by atoms with van der Waals surface area (Å²) in [4.78, 5) is 43.7. The van der Waals surface area contributed by atoms with Crippen LogP contribution in [-0.4, -0.2) is 77.5 Å². The maximum atomic E-state index is 12.4. The summed E-state index contributed by atoms with van der Waals surface area (Å²) in [5.41, 5.74) is 7.69. The largest absolute Gasteiger partial charge is 0.368 e. The smallest absolute Gasteiger partial charge is 0.250 e. The molecule has 0 bridgehead atoms. The van der Waals surface area contributed by atoms with Gasteiger partial charge in [0.2, 0.25) is 17.7 Å². The van der Waals surface area contributed by atoms with E-state index in [4.69, 9.17) is 11.1 Å². The van der Waals surface area contributed by atoms with Crippen molar-refractivity contribution in [3.63, 3.8) is 0 Å². The van der Waals surface area contributed by atoms with Crippen LogP contribution in [0, 0.1) is 5.41 Å². The highest BCUT2D eigenvalue weighted by Gasteiger charge is 2.23. The second-order valence-electron chi connectivity index (χ2n) is 8.58. The molecule has 2 saturated heterocycles. The number of nitrogens with two attached hydrogens (primary N) is 1. The molecule has 0 aliphatic carbocycles. The van der Waals surface area contributed by atoms with E-state index in [0.717, 1.165) is 57.7 Å². The number of aromatic nitrogens is 1. The maximum absolute atomic E-state index is 12.4. The van der Waals surface area contributed by atoms with Crippen LogP contribution >= 0.6 is 0 Å². The van der Waals surface area contributed by atoms with Crippen LogP contribution in [0.5, 0.6) is 0 Å². The van der Waals surface area contributed by atoms with E-state index in [-0.39, 0.29) is 17.9 Å². The minimum Gasteiger partial charge on any atom is -0.368 e. The molecule has 182 valence electrons. The molecule has 3 heterocycles. The quantitative estimate of drug-likeness (QED) is 0.225. The number of amides is 3. The summed E-state index contributed by atoms with van der Waals surface area (Å²) in [6.45, 7) is 8.01. The van der Waals surface area contributed by atoms with Crippen molar-refractivity contribution in [2.24, 2.45) is 5.73 Å². The third-order valence-electron chi connectivity index (χ3n) is 6.13. The van der Waals surface area contributed by atoms with Crippen LogP contribution in [0.25, 0.3) is 0 Å². The highest BCUT2D eigenvalue weighted by molar-refractivity contribution is 5.94. The second-order valence-corrected chi connectivity index (χ2v) is 8.58. The predicted octanol–water partition coefficient (Wildman–Crippen LogP) is 0.563. The molecule has 2 aliphatic rings. The van der Waals surface area contributed by atoms with E-state index in [2.05, 4.69) is 27.1 Å². The molecule has 0 radical (unpaired) electrons. The van der Waals surface area contributed by atoms with Gasteiger partial charge in [0.25, 0.3) is 0 Å². The Balaban J connectivity index is 1.38. The first-order chi connectivity index (χ1) is 16.4. The Kier molecular flexibility index (Phi) is 8.92. The Bertz CT molecular complexity index is 950. The molecule has 0 saturated carbocycles. The number of hydrogen-bond acceptors (Lipinski definition) is 7. The Morgan fingerprint density at radius 3 is 2.65 bits per heavy atom. The first-order valence-corrected chi connectivity index (χ1v) is 11.6. The number of piperidine rings is 1. The number of rotatable bonds is 10. The topological polar surface area (TPSA) is 145 Å². The minimum atomic E-state index is -0.468. The highest BCUT2D eigenvalue weighted by atomic mass is 16.2. The Hall–Kier alpha value is -3.53. The van der Waals surface area contributed by atoms with Crippen LogP contribution in [0.4, 0.5) is 0 Å². The number of pyridine rings is 1. The zero-order valence-corrected chi connectivity index (χ0v) is 19.4. The summed E-state index contributed by atoms with van der Waals surface area (Å²) in [5.74, 6) is -0.842. The highest BCUT2D eigenvalue weighted by Crippen LogP contribution is 2.13. The molecular formula is C24H33N7O3. The number of aryl methyl sites for hydroxylation is 1. The van der Waals surface area contributed by atoms with E-state index in [1.165, 1.54) is 18.5 Å². The van der Waals surface area contributed by atoms with E-state index in [9.17, 15) is 14.4 Å². The fourth-order valence-electron chi connectivity index (χ4n) is 4.10. The van der Waals surface area contributed by atoms with Crippen LogP contribution in [0.1, 0.15) is 41.7 Å². The normalized spacial score (nSPS) is 19.5. The molecule has 3 amide bonds. The molecule has 2 fully saturated rings. The van der Waals surface area contributed by atoms with Crippen molar-refractivity contribution in [2.45, 2.75) is 38.1 Å². The number of carbonyl (C=O) groups excluding carboxylic acids is 3. The summed E-state index contributed by atoms with van der Waals surface area (Å²) in [6, 6.07) is 3.27. The van der Waals surface area contributed by atoms with Gasteiger partial charge < -0.3 is 26.7 Å². The Morgan fingerprint density at radius 1 is 1.26 bits per heavy atom. The fourth-order valence-corrected chi connectivity index (χ4v) is 4.10. The van der Waals surface area contributed by atoms with E-state index in [0.29, 0.717) is 29.8 Å². The number of carbonyl (C=O) groups is 3. The third-order valence-corrected chi connectivity index (χ3v) is 6.13. The number of nitrogens with one attached hydrogen (secondary N) is 3. The van der Waals surface area contributed by atoms with Gasteiger partial charge in [-0.25, -0.2) is 0 Å². The van der Waals surface area contributed by atoms with Crippen LogP contribution in [0.15, 0.2) is 42.4 Å². The molecule has 34 heavy (non-hydrogen) atoms. The van der Waals surface area contributed by atoms with Gasteiger partial charge in [0.15, 0.2) is 0 Å². The fraction of sp³-hybridized carbons (Fsp3) is 0.458. The van der Waals surface area contributed by atoms with Crippen molar-refractivity contribution in [3.8, 4) is 0 Å². The van der Waals surface area contributed by atoms with Gasteiger partial charge in [0.05, 0.1) is 17.3 Å². The van der Waals surface area contributed by atoms with Crippen LogP contribution in [0.2, 0.25) is 0 Å². The van der Waals surface area contributed by atoms with E-state index >= 15 is 0 Å². The second kappa shape index (κ2) is 12.1. The lowest BCUT2D eigenvalue weighted by Crippen LogP contribution is -2.47. The molecule has 10 nitrogen and oxygen atoms in total. The summed E-state index contributed by atoms with van der Waals surface area (Å²) < 4.78 is 0. The van der Waals surface area contributed by atoms with Crippen LogP contribution in [-0.2, 0) is 16.0 Å². The van der Waals surface area contributed by atoms with Gasteiger partial charge in [0.1, 0.15) is 0 Å². The number of piperazine rings is 1. The molecule has 5 N–H and O–H groups in total. The van der Waals surface area contributed by atoms with Gasteiger partial charge in [-0.3, -0.25) is 24.3 Å². The van der Waals surface area contributed by atoms with E-state index < -0.39 is 5.91 Å². The van der Waals surface area contributed by atoms with Gasteiger partial charge >= 0.3 is 0 Å². The summed E-state index contributed by atoms with van der Waals surface area (Å²) >= 11 is 0. The molecule has 1 atom stereocenters. The number of hydrogen-bond donors (Lipinski definition) is 4. The molecule has 2 aliphatic heterocycles. The number of primary amides is 1. The van der Waals surface area contributed by atoms with Crippen molar-refractivity contribution in [3.05, 3.63) is 53.6 Å². The van der Waals surface area contributed by atoms with Gasteiger partial charge in [-0.2, -0.15) is 0 Å². The first-order valence-electron chi connectivity index (χ1n) is 11.6. The summed E-state index contributed by atoms with van der Waals surface area (Å²) in [5, 5.41) is 13.3. The van der Waals surface area contributed by atoms with E-state index in [1.54, 1.807) is 6.07 Å². The van der Waals surface area contributed by atoms with E-state index in [1.807, 2.05) is 11.0 Å². The van der Waals surface area contributed by atoms with Crippen molar-refractivity contribution < 1.29 is 14.4 Å². The average Bonchev–Trinajstić information content (AvgIpc) is 2.83. The Labute approximate surface area is 199 Å². The van der Waals surface area contributed by atoms with Gasteiger partial charge in [-0.05, 0) is 44.4 Å². The number of unbranched alkanes of at least 4 members (excludes halogenated alkanes) is 1. The third kappa shape index (κ3) is 7.24. The lowest BCUT2D eigenvalue weighted by atomic mass is 10.0. The van der Waals surface area contributed by atoms with Crippen molar-refractivity contribution in [2.75, 3.05) is 32.7 Å². The van der Waals surface area contributed by atoms with Crippen molar-refractivity contribution in [1.82, 2.24) is 25.4 Å². The molecule has 10 heteroatoms. The first kappa shape index (κ1) is 25.1. The monoisotopic (exact) mass is 467 g/mol. The standard InChI is InChI=1S/C24H33N7O3/c1-17-21(7-8-22(32)28-17)29-23(33)14-20(15-25)31-12-10-30(11-13-31)9-3-2-4-19-6-5-18(16-27-19)24(26)34/h5-6,14-16,21,25H,1-4,7-13H2,(H2,26,34)(H,28,32)(H,29,33)/b20-14+,25-15?. The zero-order valence-electron chi connectivity index (χ0n) is 19.4. The zero-order chi connectivity index (χ0) is 24.5. The summed E-state index contributed by atoms with van der Waals surface area (Å²) in [7, 11) is 0. The van der Waals surface area contributed by atoms with Gasteiger partial charge in [-0.15, -0.1) is 0 Å². The average molecular weight is 468 g/mol. The predicted molar refractivity (Wildman–Crippen MR) is 129 cm³/mol. The number of nitrogens with zero attached hydrogens (tertiary/aromatic N) is 3. The lowest BCUT2D eigenvalue weighted by Gasteiger charge is -2.36. The van der Waals surface area contributed by atoms with Crippen molar-refractivity contribution >= 4 is 23.9 Å². The van der Waals surface area contributed by atoms with Crippen LogP contribution in [0.3, 0.4) is 0 Å². The molecule has 0 spiro atoms. The number of allylic oxidation sites excluding steroid dienone is 1. The maximum Gasteiger partial charge on any atom is 0.250 e. The minimum absolute atomic E-state index is 0.0837. The SMILES string of the molecule is C=C1NC(=O)CCC1NC(=O)/C=C(\C=N)N1CCN(CCCCc2ccc(C(N)=O)cn2)CC1. The molecule has 1 aromatic heterocycles. The Morgan fingerprint density at radius 2 is 2.03 bits per heavy atom. The lowest BCUT2D eigenvalue weighted by molar-refractivity contribution is -0.123. The molecule has 0 aromatic carbocycles. The van der Waals surface area contributed by atoms with Crippen LogP contribution < -0.4 is 16.4 Å². The molecular weight excluding hydrogens is 434 g/mol. The van der Waals surface area contributed by atoms with Crippen molar-refractivity contribution in [1.29, 1.82) is 5.41 Å². The molecule has 3 rings (SSSR count). The van der Waals surface area contributed by atoms with Gasteiger partial charge in [0, 0.05) is 62.5 Å². The molecule has 1 unspecified atom stereocenters.